The minimum absolute atomic E-state index is 0.0379. The normalized spacial score (nSPS) is 11.3. The van der Waals surface area contributed by atoms with Gasteiger partial charge in [0.2, 0.25) is 5.91 Å². The lowest BCUT2D eigenvalue weighted by molar-refractivity contribution is -0.117. The third kappa shape index (κ3) is 5.13. The molecule has 1 N–H and O–H groups in total. The molecule has 0 fully saturated rings. The summed E-state index contributed by atoms with van der Waals surface area (Å²) in [6.45, 7) is 4.70. The Hall–Kier alpha value is -1.64. The lowest BCUT2D eigenvalue weighted by Gasteiger charge is -2.08. The van der Waals surface area contributed by atoms with Gasteiger partial charge in [-0.25, -0.2) is 0 Å². The van der Waals surface area contributed by atoms with Gasteiger partial charge in [0.1, 0.15) is 0 Å². The van der Waals surface area contributed by atoms with Crippen LogP contribution in [-0.2, 0) is 11.3 Å². The van der Waals surface area contributed by atoms with Crippen LogP contribution in [0.25, 0.3) is 0 Å². The van der Waals surface area contributed by atoms with Crippen molar-refractivity contribution in [3.8, 4) is 0 Å². The van der Waals surface area contributed by atoms with Crippen molar-refractivity contribution in [3.63, 3.8) is 0 Å². The highest BCUT2D eigenvalue weighted by molar-refractivity contribution is 5.93. The van der Waals surface area contributed by atoms with Crippen LogP contribution in [0.2, 0.25) is 0 Å². The summed E-state index contributed by atoms with van der Waals surface area (Å²) in [5, 5.41) is 2.92. The van der Waals surface area contributed by atoms with Gasteiger partial charge in [0, 0.05) is 11.8 Å². The van der Waals surface area contributed by atoms with Crippen LogP contribution in [-0.4, -0.2) is 10.9 Å². The van der Waals surface area contributed by atoms with Crippen molar-refractivity contribution in [3.05, 3.63) is 41.7 Å². The highest BCUT2D eigenvalue weighted by Gasteiger charge is 2.07. The smallest absolute Gasteiger partial charge is 0.247 e. The van der Waals surface area contributed by atoms with Crippen LogP contribution in [0.3, 0.4) is 0 Å². The number of pyridine rings is 1. The minimum atomic E-state index is 0.0379. The molecule has 1 aromatic heterocycles. The molecule has 0 radical (unpaired) electrons. The maximum absolute atomic E-state index is 12.0. The molecule has 0 bridgehead atoms. The van der Waals surface area contributed by atoms with Crippen molar-refractivity contribution in [2.24, 2.45) is 0 Å². The second kappa shape index (κ2) is 8.45. The van der Waals surface area contributed by atoms with Crippen molar-refractivity contribution in [2.45, 2.75) is 46.1 Å². The standard InChI is InChI=1S/C15H22N2O/c1-3-5-9-13(8-4-2)15(18)17-12-14-10-6-7-11-16-14/h6-7,9-11H,3-5,8,12H2,1-2H3,(H,17,18)/b13-9+. The van der Waals surface area contributed by atoms with Gasteiger partial charge in [-0.15, -0.1) is 0 Å². The van der Waals surface area contributed by atoms with Gasteiger partial charge in [0.05, 0.1) is 12.2 Å². The summed E-state index contributed by atoms with van der Waals surface area (Å²) < 4.78 is 0. The second-order valence-corrected chi connectivity index (χ2v) is 4.27. The van der Waals surface area contributed by atoms with Crippen molar-refractivity contribution in [1.29, 1.82) is 0 Å². The molecule has 0 atom stereocenters. The predicted molar refractivity (Wildman–Crippen MR) is 74.0 cm³/mol. The molecule has 1 amide bonds. The Bertz CT molecular complexity index is 385. The lowest BCUT2D eigenvalue weighted by atomic mass is 10.1. The van der Waals surface area contributed by atoms with Gasteiger partial charge in [0.25, 0.3) is 0 Å². The summed E-state index contributed by atoms with van der Waals surface area (Å²) in [4.78, 5) is 16.2. The molecular formula is C15H22N2O. The van der Waals surface area contributed by atoms with E-state index in [0.29, 0.717) is 6.54 Å². The summed E-state index contributed by atoms with van der Waals surface area (Å²) in [5.74, 6) is 0.0379. The number of hydrogen-bond acceptors (Lipinski definition) is 2. The van der Waals surface area contributed by atoms with E-state index in [1.54, 1.807) is 6.20 Å². The Labute approximate surface area is 109 Å². The Morgan fingerprint density at radius 3 is 2.78 bits per heavy atom. The first-order valence-electron chi connectivity index (χ1n) is 6.65. The lowest BCUT2D eigenvalue weighted by Crippen LogP contribution is -2.25. The Kier molecular flexibility index (Phi) is 6.77. The van der Waals surface area contributed by atoms with Gasteiger partial charge in [-0.2, -0.15) is 0 Å². The molecule has 1 aromatic rings. The Morgan fingerprint density at radius 1 is 1.33 bits per heavy atom. The van der Waals surface area contributed by atoms with Crippen LogP contribution in [0.15, 0.2) is 36.0 Å². The molecule has 0 aliphatic carbocycles. The van der Waals surface area contributed by atoms with E-state index in [1.807, 2.05) is 18.2 Å². The van der Waals surface area contributed by atoms with Gasteiger partial charge in [-0.05, 0) is 25.0 Å². The van der Waals surface area contributed by atoms with Crippen LogP contribution >= 0.6 is 0 Å². The number of hydrogen-bond donors (Lipinski definition) is 1. The topological polar surface area (TPSA) is 42.0 Å². The van der Waals surface area contributed by atoms with Crippen LogP contribution < -0.4 is 5.32 Å². The van der Waals surface area contributed by atoms with E-state index >= 15 is 0 Å². The summed E-state index contributed by atoms with van der Waals surface area (Å²) in [6.07, 6.45) is 7.66. The first kappa shape index (κ1) is 14.4. The zero-order valence-corrected chi connectivity index (χ0v) is 11.3. The van der Waals surface area contributed by atoms with E-state index in [9.17, 15) is 4.79 Å². The van der Waals surface area contributed by atoms with E-state index in [4.69, 9.17) is 0 Å². The third-order valence-electron chi connectivity index (χ3n) is 2.65. The number of aromatic nitrogens is 1. The highest BCUT2D eigenvalue weighted by Crippen LogP contribution is 2.08. The molecule has 0 aliphatic rings. The fourth-order valence-electron chi connectivity index (χ4n) is 1.68. The maximum Gasteiger partial charge on any atom is 0.247 e. The number of nitrogens with zero attached hydrogens (tertiary/aromatic N) is 1. The van der Waals surface area contributed by atoms with E-state index in [2.05, 4.69) is 30.2 Å². The zero-order chi connectivity index (χ0) is 13.2. The van der Waals surface area contributed by atoms with Gasteiger partial charge >= 0.3 is 0 Å². The molecule has 18 heavy (non-hydrogen) atoms. The molecule has 1 heterocycles. The first-order valence-corrected chi connectivity index (χ1v) is 6.65. The molecule has 0 aromatic carbocycles. The monoisotopic (exact) mass is 246 g/mol. The quantitative estimate of drug-likeness (QED) is 0.750. The molecular weight excluding hydrogens is 224 g/mol. The molecule has 1 rings (SSSR count). The van der Waals surface area contributed by atoms with Crippen molar-refractivity contribution in [2.75, 3.05) is 0 Å². The van der Waals surface area contributed by atoms with Crippen LogP contribution in [0.4, 0.5) is 0 Å². The average Bonchev–Trinajstić information content (AvgIpc) is 2.42. The van der Waals surface area contributed by atoms with E-state index < -0.39 is 0 Å². The number of amides is 1. The third-order valence-corrected chi connectivity index (χ3v) is 2.65. The largest absolute Gasteiger partial charge is 0.347 e. The Morgan fingerprint density at radius 2 is 2.17 bits per heavy atom. The molecule has 3 heteroatoms. The number of carbonyl (C=O) groups excluding carboxylic acids is 1. The molecule has 0 aliphatic heterocycles. The molecule has 0 unspecified atom stereocenters. The van der Waals surface area contributed by atoms with Gasteiger partial charge in [0.15, 0.2) is 0 Å². The van der Waals surface area contributed by atoms with E-state index in [-0.39, 0.29) is 5.91 Å². The molecule has 0 spiro atoms. The fraction of sp³-hybridized carbons (Fsp3) is 0.467. The zero-order valence-electron chi connectivity index (χ0n) is 11.3. The number of carbonyl (C=O) groups is 1. The minimum Gasteiger partial charge on any atom is -0.347 e. The van der Waals surface area contributed by atoms with Gasteiger partial charge < -0.3 is 5.32 Å². The van der Waals surface area contributed by atoms with Crippen LogP contribution in [0.1, 0.15) is 45.2 Å². The molecule has 98 valence electrons. The van der Waals surface area contributed by atoms with Crippen LogP contribution in [0.5, 0.6) is 0 Å². The molecule has 3 nitrogen and oxygen atoms in total. The van der Waals surface area contributed by atoms with Gasteiger partial charge in [-0.3, -0.25) is 9.78 Å². The number of unbranched alkanes of at least 4 members (excludes halogenated alkanes) is 1. The number of allylic oxidation sites excluding steroid dienone is 1. The van der Waals surface area contributed by atoms with Crippen molar-refractivity contribution in [1.82, 2.24) is 10.3 Å². The fourth-order valence-corrected chi connectivity index (χ4v) is 1.68. The first-order chi connectivity index (χ1) is 8.77. The second-order valence-electron chi connectivity index (χ2n) is 4.27. The van der Waals surface area contributed by atoms with Crippen molar-refractivity contribution < 1.29 is 4.79 Å². The summed E-state index contributed by atoms with van der Waals surface area (Å²) in [7, 11) is 0. The summed E-state index contributed by atoms with van der Waals surface area (Å²) in [5.41, 5.74) is 1.78. The van der Waals surface area contributed by atoms with E-state index in [1.165, 1.54) is 0 Å². The highest BCUT2D eigenvalue weighted by atomic mass is 16.1. The molecule has 0 saturated heterocycles. The van der Waals surface area contributed by atoms with Gasteiger partial charge in [-0.1, -0.05) is 38.8 Å². The predicted octanol–water partition coefficient (Wildman–Crippen LogP) is 3.22. The van der Waals surface area contributed by atoms with Crippen LogP contribution in [0, 0.1) is 0 Å². The molecule has 0 saturated carbocycles. The Balaban J connectivity index is 2.51. The summed E-state index contributed by atoms with van der Waals surface area (Å²) >= 11 is 0. The summed E-state index contributed by atoms with van der Waals surface area (Å²) in [6, 6.07) is 5.71. The SMILES string of the molecule is CCC/C=C(\CCC)C(=O)NCc1ccccn1. The van der Waals surface area contributed by atoms with E-state index in [0.717, 1.165) is 37.0 Å². The maximum atomic E-state index is 12.0. The van der Waals surface area contributed by atoms with Crippen molar-refractivity contribution >= 4 is 5.91 Å². The number of rotatable bonds is 7. The average molecular weight is 246 g/mol. The number of nitrogens with one attached hydrogen (secondary N) is 1.